The van der Waals surface area contributed by atoms with Crippen LogP contribution >= 0.6 is 0 Å². The van der Waals surface area contributed by atoms with E-state index in [-0.39, 0.29) is 11.6 Å². The quantitative estimate of drug-likeness (QED) is 0.192. The van der Waals surface area contributed by atoms with E-state index in [0.717, 1.165) is 39.3 Å². The Morgan fingerprint density at radius 1 is 1.14 bits per heavy atom. The van der Waals surface area contributed by atoms with Gasteiger partial charge in [-0.2, -0.15) is 0 Å². The molecule has 1 aliphatic rings. The summed E-state index contributed by atoms with van der Waals surface area (Å²) in [5, 5.41) is 18.7. The summed E-state index contributed by atoms with van der Waals surface area (Å²) in [5.41, 5.74) is 1.80. The van der Waals surface area contributed by atoms with Crippen molar-refractivity contribution in [3.63, 3.8) is 0 Å². The van der Waals surface area contributed by atoms with Crippen molar-refractivity contribution in [2.24, 2.45) is 0 Å². The number of morpholine rings is 1. The first-order chi connectivity index (χ1) is 18.1. The number of H-pyrrole nitrogens is 1. The first-order valence-corrected chi connectivity index (χ1v) is 11.8. The number of rotatable bonds is 10. The van der Waals surface area contributed by atoms with Crippen LogP contribution in [0.3, 0.4) is 0 Å². The number of nitro groups is 1. The lowest BCUT2D eigenvalue weighted by Crippen LogP contribution is -2.37. The average molecular weight is 507 g/mol. The number of ether oxygens (including phenoxy) is 4. The van der Waals surface area contributed by atoms with Crippen LogP contribution in [0.25, 0.3) is 22.2 Å². The smallest absolute Gasteiger partial charge is 0.270 e. The van der Waals surface area contributed by atoms with Gasteiger partial charge in [-0.05, 0) is 12.5 Å². The Morgan fingerprint density at radius 2 is 2.00 bits per heavy atom. The van der Waals surface area contributed by atoms with Crippen molar-refractivity contribution in [2.45, 2.75) is 6.42 Å². The molecular weight excluding hydrogens is 480 g/mol. The summed E-state index contributed by atoms with van der Waals surface area (Å²) in [7, 11) is 1.57. The minimum absolute atomic E-state index is 0.0115. The largest absolute Gasteiger partial charge is 0.493 e. The van der Waals surface area contributed by atoms with Crippen LogP contribution < -0.4 is 14.2 Å². The number of aromatic amines is 1. The minimum Gasteiger partial charge on any atom is -0.493 e. The lowest BCUT2D eigenvalue weighted by molar-refractivity contribution is -0.384. The first-order valence-electron chi connectivity index (χ1n) is 11.8. The van der Waals surface area contributed by atoms with Crippen LogP contribution in [0.15, 0.2) is 48.8 Å². The Kier molecular flexibility index (Phi) is 7.38. The molecule has 3 heterocycles. The zero-order valence-corrected chi connectivity index (χ0v) is 20.3. The molecule has 0 saturated carbocycles. The summed E-state index contributed by atoms with van der Waals surface area (Å²) in [6.45, 7) is 4.93. The molecule has 1 aliphatic heterocycles. The van der Waals surface area contributed by atoms with Crippen molar-refractivity contribution in [3.05, 3.63) is 58.9 Å². The van der Waals surface area contributed by atoms with Crippen molar-refractivity contribution in [3.8, 4) is 34.5 Å². The molecule has 2 aromatic carbocycles. The zero-order valence-electron chi connectivity index (χ0n) is 20.3. The van der Waals surface area contributed by atoms with Gasteiger partial charge in [0.1, 0.15) is 6.33 Å². The average Bonchev–Trinajstić information content (AvgIpc) is 3.40. The predicted molar refractivity (Wildman–Crippen MR) is 134 cm³/mol. The highest BCUT2D eigenvalue weighted by molar-refractivity contribution is 5.87. The van der Waals surface area contributed by atoms with E-state index in [2.05, 4.69) is 25.1 Å². The molecule has 37 heavy (non-hydrogen) atoms. The van der Waals surface area contributed by atoms with Gasteiger partial charge in [0.05, 0.1) is 48.5 Å². The molecule has 1 fully saturated rings. The third-order valence-corrected chi connectivity index (χ3v) is 5.99. The number of hydrogen-bond donors (Lipinski definition) is 1. The summed E-state index contributed by atoms with van der Waals surface area (Å²) in [4.78, 5) is 21.6. The van der Waals surface area contributed by atoms with Crippen LogP contribution in [-0.4, -0.2) is 76.6 Å². The molecule has 2 aromatic heterocycles. The molecule has 1 N–H and O–H groups in total. The van der Waals surface area contributed by atoms with Crippen molar-refractivity contribution in [1.82, 2.24) is 25.1 Å². The Labute approximate surface area is 212 Å². The van der Waals surface area contributed by atoms with Crippen molar-refractivity contribution < 1.29 is 23.9 Å². The Balaban J connectivity index is 1.30. The number of nitrogens with zero attached hydrogens (tertiary/aromatic N) is 5. The molecule has 0 unspecified atom stereocenters. The van der Waals surface area contributed by atoms with E-state index in [1.807, 2.05) is 0 Å². The van der Waals surface area contributed by atoms with Crippen molar-refractivity contribution in [2.75, 3.05) is 46.6 Å². The number of non-ortho nitro benzene ring substituents is 1. The van der Waals surface area contributed by atoms with Gasteiger partial charge < -0.3 is 18.9 Å². The molecule has 0 spiro atoms. The van der Waals surface area contributed by atoms with Crippen LogP contribution in [-0.2, 0) is 4.74 Å². The molecular formula is C25H26N6O6. The normalized spacial score (nSPS) is 14.0. The predicted octanol–water partition coefficient (Wildman–Crippen LogP) is 3.83. The van der Waals surface area contributed by atoms with Crippen LogP contribution in [0.4, 0.5) is 5.69 Å². The van der Waals surface area contributed by atoms with E-state index in [1.165, 1.54) is 18.5 Å². The van der Waals surface area contributed by atoms with Gasteiger partial charge in [-0.15, -0.1) is 5.10 Å². The first kappa shape index (κ1) is 24.4. The van der Waals surface area contributed by atoms with Crippen molar-refractivity contribution in [1.29, 1.82) is 0 Å². The van der Waals surface area contributed by atoms with Gasteiger partial charge in [0.15, 0.2) is 11.5 Å². The number of fused-ring (bicyclic) bond motifs is 1. The van der Waals surface area contributed by atoms with Gasteiger partial charge in [0.25, 0.3) is 5.69 Å². The van der Waals surface area contributed by atoms with Crippen LogP contribution in [0.1, 0.15) is 6.42 Å². The number of nitrogens with one attached hydrogen (secondary N) is 1. The maximum atomic E-state index is 11.1. The second-order valence-corrected chi connectivity index (χ2v) is 8.38. The van der Waals surface area contributed by atoms with E-state index in [4.69, 9.17) is 18.9 Å². The van der Waals surface area contributed by atoms with Crippen LogP contribution in [0, 0.1) is 10.1 Å². The molecule has 12 heteroatoms. The number of nitro benzene ring substituents is 1. The molecule has 5 rings (SSSR count). The Hall–Kier alpha value is -4.29. The van der Waals surface area contributed by atoms with Gasteiger partial charge in [0, 0.05) is 49.5 Å². The highest BCUT2D eigenvalue weighted by Gasteiger charge is 2.16. The van der Waals surface area contributed by atoms with Gasteiger partial charge in [-0.1, -0.05) is 12.1 Å². The van der Waals surface area contributed by atoms with Crippen LogP contribution in [0.5, 0.6) is 23.3 Å². The van der Waals surface area contributed by atoms with E-state index >= 15 is 0 Å². The highest BCUT2D eigenvalue weighted by atomic mass is 16.6. The van der Waals surface area contributed by atoms with E-state index in [1.54, 1.807) is 37.4 Å². The third kappa shape index (κ3) is 5.76. The third-order valence-electron chi connectivity index (χ3n) is 5.99. The van der Waals surface area contributed by atoms with E-state index < -0.39 is 4.92 Å². The summed E-state index contributed by atoms with van der Waals surface area (Å²) in [6.07, 6.45) is 2.28. The van der Waals surface area contributed by atoms with E-state index in [0.29, 0.717) is 46.1 Å². The summed E-state index contributed by atoms with van der Waals surface area (Å²) in [6, 6.07) is 11.5. The molecule has 0 radical (unpaired) electrons. The fourth-order valence-electron chi connectivity index (χ4n) is 4.08. The lowest BCUT2D eigenvalue weighted by Gasteiger charge is -2.26. The maximum Gasteiger partial charge on any atom is 0.270 e. The highest BCUT2D eigenvalue weighted by Crippen LogP contribution is 2.36. The standard InChI is InChI=1S/C25H26N6O6/c1-34-22-13-19-21(14-23(22)36-9-3-6-30-7-10-35-11-8-30)26-16-27-25(19)37-24-15-20(28-29-24)17-4-2-5-18(12-17)31(32)33/h2,4-5,12-16H,3,6-11H2,1H3,(H,28,29). The number of aromatic nitrogens is 4. The lowest BCUT2D eigenvalue weighted by atomic mass is 10.1. The summed E-state index contributed by atoms with van der Waals surface area (Å²) >= 11 is 0. The van der Waals surface area contributed by atoms with E-state index in [9.17, 15) is 10.1 Å². The molecule has 4 aromatic rings. The number of methoxy groups -OCH3 is 1. The number of hydrogen-bond acceptors (Lipinski definition) is 10. The Morgan fingerprint density at radius 3 is 2.81 bits per heavy atom. The summed E-state index contributed by atoms with van der Waals surface area (Å²) in [5.74, 6) is 1.68. The molecule has 0 aliphatic carbocycles. The molecule has 0 bridgehead atoms. The molecule has 0 atom stereocenters. The number of benzene rings is 2. The SMILES string of the molecule is COc1cc2c(Oc3cc(-c4cccc([N+](=O)[O-])c4)[nH]n3)ncnc2cc1OCCCN1CCOCC1. The second-order valence-electron chi connectivity index (χ2n) is 8.38. The summed E-state index contributed by atoms with van der Waals surface area (Å²) < 4.78 is 22.9. The van der Waals surface area contributed by atoms with Gasteiger partial charge in [0.2, 0.25) is 11.8 Å². The fraction of sp³-hybridized carbons (Fsp3) is 0.320. The monoisotopic (exact) mass is 506 g/mol. The fourth-order valence-corrected chi connectivity index (χ4v) is 4.08. The van der Waals surface area contributed by atoms with Gasteiger partial charge >= 0.3 is 0 Å². The Bertz CT molecular complexity index is 1390. The molecule has 0 amide bonds. The van der Waals surface area contributed by atoms with Crippen LogP contribution in [0.2, 0.25) is 0 Å². The topological polar surface area (TPSA) is 138 Å². The molecule has 192 valence electrons. The van der Waals surface area contributed by atoms with Gasteiger partial charge in [-0.25, -0.2) is 9.97 Å². The molecule has 1 saturated heterocycles. The second kappa shape index (κ2) is 11.2. The zero-order chi connectivity index (χ0) is 25.6. The maximum absolute atomic E-state index is 11.1. The van der Waals surface area contributed by atoms with Gasteiger partial charge in [-0.3, -0.25) is 20.1 Å². The molecule has 12 nitrogen and oxygen atoms in total. The van der Waals surface area contributed by atoms with Crippen molar-refractivity contribution >= 4 is 16.6 Å². The minimum atomic E-state index is -0.445.